The molecule has 7 heteroatoms. The van der Waals surface area contributed by atoms with Crippen molar-refractivity contribution in [3.05, 3.63) is 0 Å². The first-order valence-electron chi connectivity index (χ1n) is 3.08. The molecule has 0 radical (unpaired) electrons. The van der Waals surface area contributed by atoms with Gasteiger partial charge in [-0.05, 0) is 17.6 Å². The third kappa shape index (κ3) is 3.74. The summed E-state index contributed by atoms with van der Waals surface area (Å²) in [5.41, 5.74) is 0. The Bertz CT molecular complexity index is 144. The highest BCUT2D eigenvalue weighted by molar-refractivity contribution is 7.54. The van der Waals surface area contributed by atoms with Crippen molar-refractivity contribution < 1.29 is 13.6 Å². The molecule has 68 valence electrons. The summed E-state index contributed by atoms with van der Waals surface area (Å²) in [5, 5.41) is 0. The molecule has 0 bridgehead atoms. The van der Waals surface area contributed by atoms with Gasteiger partial charge in [0.15, 0.2) is 0 Å². The van der Waals surface area contributed by atoms with Crippen LogP contribution in [0, 0.1) is 0 Å². The Morgan fingerprint density at radius 3 is 1.82 bits per heavy atom. The fourth-order valence-electron chi connectivity index (χ4n) is 0.451. The summed E-state index contributed by atoms with van der Waals surface area (Å²) >= 11 is 10.5. The lowest BCUT2D eigenvalue weighted by atomic mass is 10.9. The van der Waals surface area contributed by atoms with E-state index in [1.165, 1.54) is 0 Å². The number of halogens is 2. The Labute approximate surface area is 76.2 Å². The van der Waals surface area contributed by atoms with E-state index in [9.17, 15) is 4.57 Å². The summed E-state index contributed by atoms with van der Waals surface area (Å²) in [6.07, 6.45) is 0. The Balaban J connectivity index is 4.14. The van der Waals surface area contributed by atoms with Gasteiger partial charge in [-0.1, -0.05) is 0 Å². The molecule has 0 N–H and O–H groups in total. The Morgan fingerprint density at radius 2 is 1.64 bits per heavy atom. The lowest BCUT2D eigenvalue weighted by Gasteiger charge is -2.17. The van der Waals surface area contributed by atoms with Gasteiger partial charge in [0.05, 0.1) is 13.2 Å². The lowest BCUT2D eigenvalue weighted by molar-refractivity contribution is 0.205. The van der Waals surface area contributed by atoms with Gasteiger partial charge in [-0.25, -0.2) is 4.57 Å². The second-order valence-electron chi connectivity index (χ2n) is 1.52. The summed E-state index contributed by atoms with van der Waals surface area (Å²) in [6.45, 7) is 3.80. The summed E-state index contributed by atoms with van der Waals surface area (Å²) < 4.78 is 21.2. The van der Waals surface area contributed by atoms with Crippen LogP contribution in [0.2, 0.25) is 0 Å². The predicted octanol–water partition coefficient (Wildman–Crippen LogP) is 2.78. The molecule has 0 heterocycles. The quantitative estimate of drug-likeness (QED) is 0.529. The van der Waals surface area contributed by atoms with Crippen molar-refractivity contribution in [2.75, 3.05) is 13.2 Å². The monoisotopic (exact) mass is 221 g/mol. The van der Waals surface area contributed by atoms with Crippen molar-refractivity contribution in [1.29, 1.82) is 0 Å². The van der Waals surface area contributed by atoms with Crippen LogP contribution in [-0.2, 0) is 13.6 Å². The van der Waals surface area contributed by atoms with E-state index in [0.29, 0.717) is 3.71 Å². The molecule has 0 fully saturated rings. The second-order valence-corrected chi connectivity index (χ2v) is 4.69. The first-order valence-corrected chi connectivity index (χ1v) is 5.25. The van der Waals surface area contributed by atoms with Gasteiger partial charge in [-0.2, -0.15) is 0 Å². The SMILES string of the molecule is CCOP(=O)(OCC)N(Cl)Cl. The van der Waals surface area contributed by atoms with E-state index in [2.05, 4.69) is 0 Å². The third-order valence-corrected chi connectivity index (χ3v) is 3.42. The first kappa shape index (κ1) is 11.7. The smallest absolute Gasteiger partial charge is 0.295 e. The molecule has 0 unspecified atom stereocenters. The van der Waals surface area contributed by atoms with Crippen molar-refractivity contribution in [2.24, 2.45) is 0 Å². The van der Waals surface area contributed by atoms with Crippen LogP contribution in [0.5, 0.6) is 0 Å². The van der Waals surface area contributed by atoms with Gasteiger partial charge in [0.1, 0.15) is 0 Å². The maximum atomic E-state index is 11.3. The van der Waals surface area contributed by atoms with E-state index in [4.69, 9.17) is 32.6 Å². The fraction of sp³-hybridized carbons (Fsp3) is 1.00. The maximum absolute atomic E-state index is 11.3. The average molecular weight is 222 g/mol. The summed E-state index contributed by atoms with van der Waals surface area (Å²) in [5.74, 6) is 0. The van der Waals surface area contributed by atoms with Crippen LogP contribution >= 0.6 is 31.3 Å². The van der Waals surface area contributed by atoms with Gasteiger partial charge in [0.2, 0.25) is 0 Å². The Kier molecular flexibility index (Phi) is 5.69. The lowest BCUT2D eigenvalue weighted by Crippen LogP contribution is -2.03. The molecule has 0 aliphatic carbocycles. The van der Waals surface area contributed by atoms with Gasteiger partial charge in [-0.15, -0.1) is 0 Å². The van der Waals surface area contributed by atoms with Gasteiger partial charge in [0.25, 0.3) is 0 Å². The van der Waals surface area contributed by atoms with E-state index >= 15 is 0 Å². The summed E-state index contributed by atoms with van der Waals surface area (Å²) in [7, 11) is -3.43. The van der Waals surface area contributed by atoms with Crippen LogP contribution in [0.25, 0.3) is 0 Å². The molecule has 0 rings (SSSR count). The molecule has 0 aromatic carbocycles. The van der Waals surface area contributed by atoms with Crippen LogP contribution in [0.3, 0.4) is 0 Å². The van der Waals surface area contributed by atoms with Gasteiger partial charge in [0, 0.05) is 23.6 Å². The van der Waals surface area contributed by atoms with Crippen molar-refractivity contribution in [3.8, 4) is 0 Å². The topological polar surface area (TPSA) is 38.8 Å². The van der Waals surface area contributed by atoms with E-state index in [1.54, 1.807) is 13.8 Å². The Morgan fingerprint density at radius 1 is 1.27 bits per heavy atom. The molecule has 0 aliphatic rings. The van der Waals surface area contributed by atoms with Gasteiger partial charge in [-0.3, -0.25) is 9.05 Å². The predicted molar refractivity (Wildman–Crippen MR) is 44.4 cm³/mol. The normalized spacial score (nSPS) is 12.5. The summed E-state index contributed by atoms with van der Waals surface area (Å²) in [6, 6.07) is 0. The van der Waals surface area contributed by atoms with E-state index < -0.39 is 7.75 Å². The molecule has 11 heavy (non-hydrogen) atoms. The van der Waals surface area contributed by atoms with Crippen LogP contribution in [0.1, 0.15) is 13.8 Å². The molecule has 0 saturated heterocycles. The molecule has 0 amide bonds. The fourth-order valence-corrected chi connectivity index (χ4v) is 1.88. The largest absolute Gasteiger partial charge is 0.436 e. The van der Waals surface area contributed by atoms with Gasteiger partial charge >= 0.3 is 7.75 Å². The van der Waals surface area contributed by atoms with Gasteiger partial charge < -0.3 is 0 Å². The molecule has 0 saturated carbocycles. The highest BCUT2D eigenvalue weighted by Crippen LogP contribution is 2.54. The molecule has 0 aromatic rings. The molecule has 0 atom stereocenters. The average Bonchev–Trinajstić information content (AvgIpc) is 1.88. The Hall–Kier alpha value is 0.690. The van der Waals surface area contributed by atoms with E-state index in [0.717, 1.165) is 0 Å². The first-order chi connectivity index (χ1) is 5.06. The molecular weight excluding hydrogens is 212 g/mol. The van der Waals surface area contributed by atoms with E-state index in [-0.39, 0.29) is 13.2 Å². The van der Waals surface area contributed by atoms with Crippen LogP contribution < -0.4 is 0 Å². The molecular formula is C4H10Cl2NO3P. The van der Waals surface area contributed by atoms with Crippen LogP contribution in [-0.4, -0.2) is 16.9 Å². The van der Waals surface area contributed by atoms with Crippen molar-refractivity contribution in [1.82, 2.24) is 3.71 Å². The zero-order valence-electron chi connectivity index (χ0n) is 6.29. The minimum atomic E-state index is -3.43. The maximum Gasteiger partial charge on any atom is 0.436 e. The number of hydrogen-bond donors (Lipinski definition) is 0. The molecule has 0 spiro atoms. The van der Waals surface area contributed by atoms with Crippen molar-refractivity contribution in [2.45, 2.75) is 13.8 Å². The van der Waals surface area contributed by atoms with Crippen molar-refractivity contribution in [3.63, 3.8) is 0 Å². The van der Waals surface area contributed by atoms with E-state index in [1.807, 2.05) is 0 Å². The number of nitrogens with zero attached hydrogens (tertiary/aromatic N) is 1. The standard InChI is InChI=1S/C4H10Cl2NO3P/c1-3-9-11(8,7(5)6)10-4-2/h3-4H2,1-2H3. The second kappa shape index (κ2) is 5.36. The van der Waals surface area contributed by atoms with Crippen molar-refractivity contribution >= 4 is 31.3 Å². The van der Waals surface area contributed by atoms with Crippen LogP contribution in [0.15, 0.2) is 0 Å². The zero-order chi connectivity index (χ0) is 8.91. The minimum absolute atomic E-state index is 0.229. The molecule has 0 aromatic heterocycles. The third-order valence-electron chi connectivity index (χ3n) is 0.770. The number of hydrogen-bond acceptors (Lipinski definition) is 3. The number of rotatable bonds is 5. The van der Waals surface area contributed by atoms with Crippen LogP contribution in [0.4, 0.5) is 0 Å². The minimum Gasteiger partial charge on any atom is -0.295 e. The molecule has 0 aliphatic heterocycles. The zero-order valence-corrected chi connectivity index (χ0v) is 8.70. The highest BCUT2D eigenvalue weighted by Gasteiger charge is 2.30. The molecule has 4 nitrogen and oxygen atoms in total. The summed E-state index contributed by atoms with van der Waals surface area (Å²) in [4.78, 5) is 0. The highest BCUT2D eigenvalue weighted by atomic mass is 35.5.